The number of rotatable bonds is 12. The summed E-state index contributed by atoms with van der Waals surface area (Å²) in [6.07, 6.45) is 0. The first-order valence-corrected chi connectivity index (χ1v) is 10.3. The third kappa shape index (κ3) is 6.46. The quantitative estimate of drug-likeness (QED) is 0.388. The van der Waals surface area contributed by atoms with Gasteiger partial charge in [-0.2, -0.15) is 0 Å². The standard InChI is InChI=1S/C25H28O6/c26-13-16-29-22-7-1-19(2-8-22)25(20-3-9-23(10-4-20)30-17-14-27)21-5-11-24(12-6-21)31-18-15-28/h1-12,25-28H,13-18H2. The lowest BCUT2D eigenvalue weighted by Crippen LogP contribution is -2.06. The molecule has 3 N–H and O–H groups in total. The minimum absolute atomic E-state index is 0.0225. The summed E-state index contributed by atoms with van der Waals surface area (Å²) < 4.78 is 16.5. The Morgan fingerprint density at radius 3 is 0.935 bits per heavy atom. The molecule has 0 aliphatic carbocycles. The van der Waals surface area contributed by atoms with Gasteiger partial charge in [-0.1, -0.05) is 36.4 Å². The zero-order chi connectivity index (χ0) is 21.9. The molecule has 0 heterocycles. The molecule has 3 aromatic rings. The molecule has 31 heavy (non-hydrogen) atoms. The SMILES string of the molecule is OCCOc1ccc(C(c2ccc(OCCO)cc2)c2ccc(OCCO)cc2)cc1. The number of aliphatic hydroxyl groups is 3. The first-order valence-electron chi connectivity index (χ1n) is 10.3. The summed E-state index contributed by atoms with van der Waals surface area (Å²) in [6, 6.07) is 23.5. The van der Waals surface area contributed by atoms with Crippen molar-refractivity contribution in [1.29, 1.82) is 0 Å². The number of hydrogen-bond donors (Lipinski definition) is 3. The summed E-state index contributed by atoms with van der Waals surface area (Å²) in [5.41, 5.74) is 3.26. The van der Waals surface area contributed by atoms with Gasteiger partial charge in [0.15, 0.2) is 0 Å². The molecule has 0 aliphatic heterocycles. The van der Waals surface area contributed by atoms with Crippen molar-refractivity contribution in [1.82, 2.24) is 0 Å². The molecule has 0 amide bonds. The molecule has 0 spiro atoms. The van der Waals surface area contributed by atoms with Gasteiger partial charge in [0.1, 0.15) is 37.1 Å². The summed E-state index contributed by atoms with van der Waals surface area (Å²) in [5, 5.41) is 26.8. The van der Waals surface area contributed by atoms with Crippen LogP contribution in [-0.2, 0) is 0 Å². The molecular formula is C25H28O6. The molecule has 0 aromatic heterocycles. The van der Waals surface area contributed by atoms with E-state index in [9.17, 15) is 0 Å². The number of hydrogen-bond acceptors (Lipinski definition) is 6. The van der Waals surface area contributed by atoms with Crippen LogP contribution in [0.3, 0.4) is 0 Å². The van der Waals surface area contributed by atoms with Crippen molar-refractivity contribution in [3.8, 4) is 17.2 Å². The number of ether oxygens (including phenoxy) is 3. The predicted molar refractivity (Wildman–Crippen MR) is 118 cm³/mol. The fraction of sp³-hybridized carbons (Fsp3) is 0.280. The maximum atomic E-state index is 8.95. The van der Waals surface area contributed by atoms with Gasteiger partial charge in [-0.15, -0.1) is 0 Å². The highest BCUT2D eigenvalue weighted by atomic mass is 16.5. The van der Waals surface area contributed by atoms with Gasteiger partial charge in [0.25, 0.3) is 0 Å². The zero-order valence-electron chi connectivity index (χ0n) is 17.3. The maximum absolute atomic E-state index is 8.95. The fourth-order valence-electron chi connectivity index (χ4n) is 3.34. The van der Waals surface area contributed by atoms with E-state index in [2.05, 4.69) is 0 Å². The van der Waals surface area contributed by atoms with Crippen molar-refractivity contribution in [3.05, 3.63) is 89.5 Å². The van der Waals surface area contributed by atoms with Crippen molar-refractivity contribution in [3.63, 3.8) is 0 Å². The van der Waals surface area contributed by atoms with Crippen LogP contribution < -0.4 is 14.2 Å². The van der Waals surface area contributed by atoms with E-state index in [1.54, 1.807) is 0 Å². The van der Waals surface area contributed by atoms with Crippen LogP contribution in [0.1, 0.15) is 22.6 Å². The van der Waals surface area contributed by atoms with E-state index in [1.165, 1.54) is 0 Å². The van der Waals surface area contributed by atoms with Gasteiger partial charge in [0.05, 0.1) is 19.8 Å². The van der Waals surface area contributed by atoms with E-state index in [0.29, 0.717) is 17.2 Å². The summed E-state index contributed by atoms with van der Waals surface area (Å²) in [5.74, 6) is 2.09. The van der Waals surface area contributed by atoms with Gasteiger partial charge in [0, 0.05) is 5.92 Å². The monoisotopic (exact) mass is 424 g/mol. The van der Waals surface area contributed by atoms with Crippen LogP contribution in [0.2, 0.25) is 0 Å². The molecule has 0 bridgehead atoms. The van der Waals surface area contributed by atoms with Gasteiger partial charge in [0.2, 0.25) is 0 Å². The van der Waals surface area contributed by atoms with Crippen LogP contribution in [0.15, 0.2) is 72.8 Å². The van der Waals surface area contributed by atoms with Crippen molar-refractivity contribution >= 4 is 0 Å². The molecule has 6 heteroatoms. The highest BCUT2D eigenvalue weighted by molar-refractivity contribution is 5.46. The Morgan fingerprint density at radius 1 is 0.452 bits per heavy atom. The van der Waals surface area contributed by atoms with E-state index in [4.69, 9.17) is 29.5 Å². The average Bonchev–Trinajstić information content (AvgIpc) is 2.82. The fourth-order valence-corrected chi connectivity index (χ4v) is 3.34. The van der Waals surface area contributed by atoms with Crippen LogP contribution in [0, 0.1) is 0 Å². The summed E-state index contributed by atoms with van der Waals surface area (Å²) in [4.78, 5) is 0. The molecule has 3 rings (SSSR count). The lowest BCUT2D eigenvalue weighted by atomic mass is 9.85. The van der Waals surface area contributed by atoms with Crippen molar-refractivity contribution in [2.45, 2.75) is 5.92 Å². The molecular weight excluding hydrogens is 396 g/mol. The van der Waals surface area contributed by atoms with E-state index < -0.39 is 0 Å². The highest BCUT2D eigenvalue weighted by Crippen LogP contribution is 2.34. The highest BCUT2D eigenvalue weighted by Gasteiger charge is 2.17. The van der Waals surface area contributed by atoms with Crippen LogP contribution in [-0.4, -0.2) is 55.0 Å². The molecule has 0 aliphatic rings. The van der Waals surface area contributed by atoms with Gasteiger partial charge in [-0.3, -0.25) is 0 Å². The van der Waals surface area contributed by atoms with Crippen molar-refractivity contribution < 1.29 is 29.5 Å². The third-order valence-electron chi connectivity index (χ3n) is 4.72. The lowest BCUT2D eigenvalue weighted by molar-refractivity contribution is 0.201. The molecule has 3 aromatic carbocycles. The Labute approximate surface area is 182 Å². The first kappa shape index (κ1) is 22.6. The molecule has 6 nitrogen and oxygen atoms in total. The topological polar surface area (TPSA) is 88.4 Å². The minimum Gasteiger partial charge on any atom is -0.491 e. The first-order chi connectivity index (χ1) is 15.2. The van der Waals surface area contributed by atoms with Crippen LogP contribution in [0.25, 0.3) is 0 Å². The Kier molecular flexibility index (Phi) is 8.72. The van der Waals surface area contributed by atoms with Crippen LogP contribution >= 0.6 is 0 Å². The normalized spacial score (nSPS) is 10.8. The minimum atomic E-state index is -0.0280. The molecule has 0 saturated heterocycles. The lowest BCUT2D eigenvalue weighted by Gasteiger charge is -2.20. The third-order valence-corrected chi connectivity index (χ3v) is 4.72. The summed E-state index contributed by atoms with van der Waals surface area (Å²) in [7, 11) is 0. The van der Waals surface area contributed by atoms with Crippen molar-refractivity contribution in [2.75, 3.05) is 39.6 Å². The second-order valence-corrected chi connectivity index (χ2v) is 6.86. The predicted octanol–water partition coefficient (Wildman–Crippen LogP) is 2.98. The largest absolute Gasteiger partial charge is 0.491 e. The molecule has 0 unspecified atom stereocenters. The Hall–Kier alpha value is -3.06. The summed E-state index contributed by atoms with van der Waals surface area (Å²) >= 11 is 0. The molecule has 0 fully saturated rings. The Morgan fingerprint density at radius 2 is 0.710 bits per heavy atom. The smallest absolute Gasteiger partial charge is 0.119 e. The molecule has 0 atom stereocenters. The maximum Gasteiger partial charge on any atom is 0.119 e. The van der Waals surface area contributed by atoms with Crippen LogP contribution in [0.4, 0.5) is 0 Å². The van der Waals surface area contributed by atoms with E-state index in [1.807, 2.05) is 72.8 Å². The average molecular weight is 424 g/mol. The molecule has 0 radical (unpaired) electrons. The van der Waals surface area contributed by atoms with Gasteiger partial charge < -0.3 is 29.5 Å². The Bertz CT molecular complexity index is 768. The molecule has 164 valence electrons. The van der Waals surface area contributed by atoms with E-state index in [0.717, 1.165) is 16.7 Å². The summed E-state index contributed by atoms with van der Waals surface area (Å²) in [6.45, 7) is 0.688. The van der Waals surface area contributed by atoms with Gasteiger partial charge in [-0.25, -0.2) is 0 Å². The molecule has 0 saturated carbocycles. The van der Waals surface area contributed by atoms with E-state index >= 15 is 0 Å². The number of benzene rings is 3. The van der Waals surface area contributed by atoms with Crippen molar-refractivity contribution in [2.24, 2.45) is 0 Å². The zero-order valence-corrected chi connectivity index (χ0v) is 17.3. The van der Waals surface area contributed by atoms with E-state index in [-0.39, 0.29) is 45.6 Å². The second kappa shape index (κ2) is 12.0. The second-order valence-electron chi connectivity index (χ2n) is 6.86. The number of aliphatic hydroxyl groups excluding tert-OH is 3. The van der Waals surface area contributed by atoms with Gasteiger partial charge >= 0.3 is 0 Å². The van der Waals surface area contributed by atoms with Crippen LogP contribution in [0.5, 0.6) is 17.2 Å². The Balaban J connectivity index is 1.90. The van der Waals surface area contributed by atoms with Gasteiger partial charge in [-0.05, 0) is 53.1 Å².